The van der Waals surface area contributed by atoms with Crippen molar-refractivity contribution >= 4 is 35.2 Å². The Balaban J connectivity index is 2.09. The van der Waals surface area contributed by atoms with E-state index < -0.39 is 7.14 Å². The van der Waals surface area contributed by atoms with Crippen molar-refractivity contribution in [3.8, 4) is 0 Å². The summed E-state index contributed by atoms with van der Waals surface area (Å²) in [5.74, 6) is 0. The summed E-state index contributed by atoms with van der Waals surface area (Å²) in [6.45, 7) is 0. The van der Waals surface area contributed by atoms with Crippen LogP contribution in [0.4, 0.5) is 0 Å². The van der Waals surface area contributed by atoms with E-state index in [1.165, 1.54) is 0 Å². The second-order valence-electron chi connectivity index (χ2n) is 4.48. The van der Waals surface area contributed by atoms with Crippen molar-refractivity contribution in [3.63, 3.8) is 0 Å². The van der Waals surface area contributed by atoms with Crippen molar-refractivity contribution in [2.45, 2.75) is 37.0 Å². The van der Waals surface area contributed by atoms with Crippen LogP contribution in [0.3, 0.4) is 0 Å². The molecule has 0 unspecified atom stereocenters. The van der Waals surface area contributed by atoms with Crippen molar-refractivity contribution in [2.75, 3.05) is 0 Å². The molecule has 3 rings (SSSR count). The highest BCUT2D eigenvalue weighted by Gasteiger charge is 2.53. The molecule has 0 amide bonds. The first-order chi connectivity index (χ1) is 7.23. The second kappa shape index (κ2) is 3.56. The molecule has 1 aromatic rings. The van der Waals surface area contributed by atoms with E-state index in [0.717, 1.165) is 34.7 Å². The topological polar surface area (TPSA) is 30.0 Å². The summed E-state index contributed by atoms with van der Waals surface area (Å²) in [6, 6.07) is 3.95. The zero-order valence-corrected chi connectivity index (χ0v) is 11.4. The van der Waals surface area contributed by atoms with Gasteiger partial charge in [-0.15, -0.1) is 0 Å². The number of hydrogen-bond donors (Lipinski definition) is 0. The first-order valence-corrected chi connectivity index (χ1v) is 8.36. The summed E-state index contributed by atoms with van der Waals surface area (Å²) >= 11 is 2.27. The van der Waals surface area contributed by atoms with Gasteiger partial charge in [-0.2, -0.15) is 0 Å². The Bertz CT molecular complexity index is 424. The maximum Gasteiger partial charge on any atom is 0.140 e. The fourth-order valence-corrected chi connectivity index (χ4v) is 7.45. The van der Waals surface area contributed by atoms with Crippen LogP contribution in [0.1, 0.15) is 25.7 Å². The molecule has 0 spiro atoms. The maximum absolute atomic E-state index is 13.1. The van der Waals surface area contributed by atoms with Crippen molar-refractivity contribution in [1.29, 1.82) is 0 Å². The minimum Gasteiger partial charge on any atom is -0.316 e. The smallest absolute Gasteiger partial charge is 0.140 e. The second-order valence-corrected chi connectivity index (χ2v) is 8.95. The molecule has 2 aliphatic carbocycles. The molecule has 0 radical (unpaired) electrons. The predicted molar refractivity (Wildman–Crippen MR) is 70.2 cm³/mol. The summed E-state index contributed by atoms with van der Waals surface area (Å²) < 4.78 is 14.2. The third-order valence-corrected chi connectivity index (χ3v) is 8.77. The van der Waals surface area contributed by atoms with Crippen molar-refractivity contribution in [3.05, 3.63) is 21.9 Å². The van der Waals surface area contributed by atoms with Gasteiger partial charge in [0, 0.05) is 21.1 Å². The van der Waals surface area contributed by atoms with Crippen molar-refractivity contribution in [2.24, 2.45) is 0 Å². The first kappa shape index (κ1) is 10.3. The zero-order valence-electron chi connectivity index (χ0n) is 8.40. The molecule has 1 heterocycles. The molecule has 0 atom stereocenters. The molecule has 0 N–H and O–H groups in total. The number of rotatable bonds is 3. The van der Waals surface area contributed by atoms with Crippen LogP contribution in [-0.2, 0) is 4.57 Å². The van der Waals surface area contributed by atoms with Crippen molar-refractivity contribution in [1.82, 2.24) is 4.98 Å². The molecule has 2 nitrogen and oxygen atoms in total. The van der Waals surface area contributed by atoms with Gasteiger partial charge in [0.25, 0.3) is 0 Å². The van der Waals surface area contributed by atoms with Gasteiger partial charge < -0.3 is 4.57 Å². The van der Waals surface area contributed by atoms with Gasteiger partial charge >= 0.3 is 0 Å². The van der Waals surface area contributed by atoms with Gasteiger partial charge in [-0.1, -0.05) is 0 Å². The van der Waals surface area contributed by atoms with E-state index in [2.05, 4.69) is 27.6 Å². The quantitative estimate of drug-likeness (QED) is 0.629. The fourth-order valence-electron chi connectivity index (χ4n) is 2.19. The molecule has 0 saturated heterocycles. The molecule has 0 aromatic carbocycles. The van der Waals surface area contributed by atoms with E-state index in [1.807, 2.05) is 12.1 Å². The lowest BCUT2D eigenvalue weighted by atomic mass is 10.5. The van der Waals surface area contributed by atoms with E-state index in [4.69, 9.17) is 0 Å². The van der Waals surface area contributed by atoms with Crippen LogP contribution in [0.25, 0.3) is 0 Å². The standard InChI is InChI=1S/C11H13INOP/c12-10-2-1-7-13-11(10)15(14,8-3-4-8)9-5-6-9/h1-2,7-9H,3-6H2. The lowest BCUT2D eigenvalue weighted by molar-refractivity contribution is 0.578. The lowest BCUT2D eigenvalue weighted by Crippen LogP contribution is -2.18. The Hall–Kier alpha value is 0.110. The molecule has 2 fully saturated rings. The predicted octanol–water partition coefficient (Wildman–Crippen LogP) is 3.00. The molecule has 2 aliphatic rings. The fraction of sp³-hybridized carbons (Fsp3) is 0.545. The Morgan fingerprint density at radius 3 is 2.33 bits per heavy atom. The summed E-state index contributed by atoms with van der Waals surface area (Å²) in [4.78, 5) is 4.40. The Morgan fingerprint density at radius 2 is 1.87 bits per heavy atom. The number of nitrogens with zero attached hydrogens (tertiary/aromatic N) is 1. The number of halogens is 1. The third-order valence-electron chi connectivity index (χ3n) is 3.25. The van der Waals surface area contributed by atoms with Gasteiger partial charge in [0.1, 0.15) is 12.6 Å². The van der Waals surface area contributed by atoms with Crippen LogP contribution in [0, 0.1) is 3.57 Å². The van der Waals surface area contributed by atoms with Crippen LogP contribution >= 0.6 is 29.7 Å². The molecule has 80 valence electrons. The largest absolute Gasteiger partial charge is 0.316 e. The van der Waals surface area contributed by atoms with E-state index in [9.17, 15) is 4.57 Å². The third kappa shape index (κ3) is 1.68. The summed E-state index contributed by atoms with van der Waals surface area (Å²) in [5.41, 5.74) is 1.86. The molecule has 0 aliphatic heterocycles. The van der Waals surface area contributed by atoms with Crippen LogP contribution in [0.15, 0.2) is 18.3 Å². The molecular formula is C11H13INOP. The first-order valence-electron chi connectivity index (χ1n) is 5.43. The van der Waals surface area contributed by atoms with Gasteiger partial charge in [-0.25, -0.2) is 0 Å². The molecule has 1 aromatic heterocycles. The normalized spacial score (nSPS) is 21.7. The van der Waals surface area contributed by atoms with Crippen LogP contribution in [0.5, 0.6) is 0 Å². The molecule has 4 heteroatoms. The summed E-state index contributed by atoms with van der Waals surface area (Å²) in [7, 11) is -2.15. The highest BCUT2D eigenvalue weighted by Crippen LogP contribution is 2.69. The van der Waals surface area contributed by atoms with E-state index >= 15 is 0 Å². The van der Waals surface area contributed by atoms with Crippen LogP contribution in [0.2, 0.25) is 0 Å². The van der Waals surface area contributed by atoms with Gasteiger partial charge in [-0.05, 0) is 60.4 Å². The maximum atomic E-state index is 13.1. The average Bonchev–Trinajstić information content (AvgIpc) is 3.06. The summed E-state index contributed by atoms with van der Waals surface area (Å²) in [5, 5.41) is 0. The Labute approximate surface area is 103 Å². The van der Waals surface area contributed by atoms with Gasteiger partial charge in [0.05, 0.1) is 0 Å². The van der Waals surface area contributed by atoms with E-state index in [-0.39, 0.29) is 0 Å². The average molecular weight is 333 g/mol. The number of hydrogen-bond acceptors (Lipinski definition) is 2. The monoisotopic (exact) mass is 333 g/mol. The van der Waals surface area contributed by atoms with E-state index in [0.29, 0.717) is 11.3 Å². The van der Waals surface area contributed by atoms with Gasteiger partial charge in [0.2, 0.25) is 0 Å². The Morgan fingerprint density at radius 1 is 1.27 bits per heavy atom. The minimum absolute atomic E-state index is 0.466. The van der Waals surface area contributed by atoms with Crippen LogP contribution in [-0.4, -0.2) is 16.3 Å². The SMILES string of the molecule is O=P(c1ncccc1I)(C1CC1)C1CC1. The lowest BCUT2D eigenvalue weighted by Gasteiger charge is -2.17. The van der Waals surface area contributed by atoms with Crippen LogP contribution < -0.4 is 5.44 Å². The minimum atomic E-state index is -2.15. The van der Waals surface area contributed by atoms with Crippen molar-refractivity contribution < 1.29 is 4.57 Å². The highest BCUT2D eigenvalue weighted by molar-refractivity contribution is 14.1. The van der Waals surface area contributed by atoms with E-state index in [1.54, 1.807) is 6.20 Å². The van der Waals surface area contributed by atoms with Gasteiger partial charge in [0.15, 0.2) is 0 Å². The molecule has 2 saturated carbocycles. The number of aromatic nitrogens is 1. The summed E-state index contributed by atoms with van der Waals surface area (Å²) in [6.07, 6.45) is 6.40. The highest BCUT2D eigenvalue weighted by atomic mass is 127. The molecular weight excluding hydrogens is 320 g/mol. The zero-order chi connectivity index (χ0) is 10.5. The molecule has 0 bridgehead atoms. The van der Waals surface area contributed by atoms with Gasteiger partial charge in [-0.3, -0.25) is 4.98 Å². The Kier molecular flexibility index (Phi) is 2.44. The molecule has 15 heavy (non-hydrogen) atoms. The number of pyridine rings is 1.